The van der Waals surface area contributed by atoms with Crippen molar-refractivity contribution in [3.8, 4) is 5.88 Å². The van der Waals surface area contributed by atoms with Crippen molar-refractivity contribution in [1.29, 1.82) is 0 Å². The Balaban J connectivity index is 1.86. The van der Waals surface area contributed by atoms with Crippen LogP contribution in [0.5, 0.6) is 5.88 Å². The van der Waals surface area contributed by atoms with Crippen LogP contribution in [-0.2, 0) is 20.6 Å². The van der Waals surface area contributed by atoms with Crippen LogP contribution in [0.2, 0.25) is 0 Å². The molecule has 13 heteroatoms. The molecule has 0 bridgehead atoms. The molecular formula is C18H16N8O5. The number of azo groups is 1. The van der Waals surface area contributed by atoms with Crippen LogP contribution >= 0.6 is 0 Å². The molecule has 0 fully saturated rings. The van der Waals surface area contributed by atoms with E-state index in [0.29, 0.717) is 0 Å². The summed E-state index contributed by atoms with van der Waals surface area (Å²) in [5, 5.41) is 17.1. The standard InChI is InChI=1S/C18H16N8O5/c1-24-11-12(19-16(24)23-22-10-13(27)20-17(30)21-14(10)28)25(2)18(31)26(15(11)29)8-9-6-4-3-5-7-9/h3-7H,8H2,1-2H3,(H3,20,21,27,28,30). The average Bonchev–Trinajstić information content (AvgIpc) is 3.06. The third-order valence-electron chi connectivity index (χ3n) is 4.66. The highest BCUT2D eigenvalue weighted by molar-refractivity contribution is 5.73. The third kappa shape index (κ3) is 3.37. The van der Waals surface area contributed by atoms with Crippen molar-refractivity contribution in [2.24, 2.45) is 24.3 Å². The zero-order valence-corrected chi connectivity index (χ0v) is 16.4. The molecule has 0 saturated heterocycles. The van der Waals surface area contributed by atoms with Crippen molar-refractivity contribution in [3.63, 3.8) is 0 Å². The van der Waals surface area contributed by atoms with E-state index < -0.39 is 34.1 Å². The first-order chi connectivity index (χ1) is 14.8. The number of hydrogen-bond donors (Lipinski definition) is 3. The topological polar surface area (TPSA) is 172 Å². The maximum atomic E-state index is 13.0. The van der Waals surface area contributed by atoms with Crippen molar-refractivity contribution in [3.05, 3.63) is 77.6 Å². The second kappa shape index (κ2) is 7.37. The van der Waals surface area contributed by atoms with Gasteiger partial charge in [0.05, 0.1) is 6.54 Å². The Labute approximate surface area is 171 Å². The molecule has 3 heterocycles. The summed E-state index contributed by atoms with van der Waals surface area (Å²) in [5.74, 6) is -0.863. The number of H-pyrrole nitrogens is 2. The summed E-state index contributed by atoms with van der Waals surface area (Å²) in [5.41, 5.74) is -2.57. The van der Waals surface area contributed by atoms with Gasteiger partial charge in [0.1, 0.15) is 0 Å². The van der Waals surface area contributed by atoms with E-state index in [1.165, 1.54) is 23.2 Å². The summed E-state index contributed by atoms with van der Waals surface area (Å²) in [6.07, 6.45) is 0. The summed E-state index contributed by atoms with van der Waals surface area (Å²) in [7, 11) is 2.97. The minimum Gasteiger partial charge on any atom is -0.493 e. The van der Waals surface area contributed by atoms with Crippen LogP contribution in [0.1, 0.15) is 5.56 Å². The molecule has 158 valence electrons. The highest BCUT2D eigenvalue weighted by atomic mass is 16.3. The number of aromatic amines is 2. The van der Waals surface area contributed by atoms with Crippen LogP contribution in [0.4, 0.5) is 11.6 Å². The van der Waals surface area contributed by atoms with Crippen molar-refractivity contribution in [1.82, 2.24) is 28.7 Å². The lowest BCUT2D eigenvalue weighted by atomic mass is 10.2. The third-order valence-corrected chi connectivity index (χ3v) is 4.66. The molecule has 0 aliphatic rings. The minimum atomic E-state index is -0.957. The van der Waals surface area contributed by atoms with Crippen LogP contribution in [0.15, 0.2) is 59.7 Å². The van der Waals surface area contributed by atoms with E-state index in [1.807, 2.05) is 16.0 Å². The van der Waals surface area contributed by atoms with Gasteiger partial charge in [0, 0.05) is 14.1 Å². The Morgan fingerprint density at radius 3 is 2.39 bits per heavy atom. The van der Waals surface area contributed by atoms with Crippen molar-refractivity contribution in [2.75, 3.05) is 0 Å². The second-order valence-electron chi connectivity index (χ2n) is 6.67. The molecule has 3 N–H and O–H groups in total. The number of imidazole rings is 1. The zero-order chi connectivity index (χ0) is 22.3. The molecule has 0 unspecified atom stereocenters. The van der Waals surface area contributed by atoms with Gasteiger partial charge in [-0.1, -0.05) is 30.3 Å². The van der Waals surface area contributed by atoms with E-state index in [1.54, 1.807) is 24.3 Å². The van der Waals surface area contributed by atoms with Crippen molar-refractivity contribution in [2.45, 2.75) is 6.54 Å². The summed E-state index contributed by atoms with van der Waals surface area (Å²) < 4.78 is 3.61. The zero-order valence-electron chi connectivity index (χ0n) is 16.4. The first kappa shape index (κ1) is 19.8. The van der Waals surface area contributed by atoms with E-state index in [4.69, 9.17) is 0 Å². The van der Waals surface area contributed by atoms with Gasteiger partial charge >= 0.3 is 11.4 Å². The number of rotatable bonds is 4. The molecule has 0 atom stereocenters. The number of aryl methyl sites for hydroxylation is 2. The molecule has 0 aliphatic heterocycles. The van der Waals surface area contributed by atoms with Gasteiger partial charge in [-0.2, -0.15) is 4.98 Å². The maximum Gasteiger partial charge on any atom is 0.332 e. The SMILES string of the molecule is Cn1c(N=Nc2c(O)[nH]c(=O)[nH]c2=O)nc2c1c(=O)n(Cc1ccccc1)c(=O)n2C. The molecule has 4 rings (SSSR count). The quantitative estimate of drug-likeness (QED) is 0.388. The van der Waals surface area contributed by atoms with Crippen LogP contribution in [0, 0.1) is 0 Å². The molecule has 3 aromatic heterocycles. The van der Waals surface area contributed by atoms with Crippen LogP contribution in [0.25, 0.3) is 11.2 Å². The molecule has 1 aromatic carbocycles. The van der Waals surface area contributed by atoms with Crippen LogP contribution in [-0.4, -0.2) is 33.8 Å². The number of fused-ring (bicyclic) bond motifs is 1. The smallest absolute Gasteiger partial charge is 0.332 e. The average molecular weight is 424 g/mol. The number of nitrogens with one attached hydrogen (secondary N) is 2. The number of aromatic nitrogens is 6. The first-order valence-corrected chi connectivity index (χ1v) is 8.95. The van der Waals surface area contributed by atoms with Crippen LogP contribution < -0.4 is 22.5 Å². The highest BCUT2D eigenvalue weighted by Gasteiger charge is 2.19. The molecule has 0 radical (unpaired) electrons. The fourth-order valence-corrected chi connectivity index (χ4v) is 3.08. The maximum absolute atomic E-state index is 13.0. The summed E-state index contributed by atoms with van der Waals surface area (Å²) >= 11 is 0. The molecule has 0 saturated carbocycles. The Morgan fingerprint density at radius 1 is 1.00 bits per heavy atom. The van der Waals surface area contributed by atoms with E-state index in [0.717, 1.165) is 10.1 Å². The molecule has 31 heavy (non-hydrogen) atoms. The number of hydrogen-bond acceptors (Lipinski definition) is 8. The van der Waals surface area contributed by atoms with Gasteiger partial charge in [0.25, 0.3) is 17.1 Å². The number of aromatic hydroxyl groups is 1. The largest absolute Gasteiger partial charge is 0.493 e. The van der Waals surface area contributed by atoms with Gasteiger partial charge in [-0.15, -0.1) is 10.2 Å². The van der Waals surface area contributed by atoms with Crippen molar-refractivity contribution >= 4 is 22.8 Å². The fraction of sp³-hybridized carbons (Fsp3) is 0.167. The summed E-state index contributed by atoms with van der Waals surface area (Å²) in [6.45, 7) is 0.0744. The predicted molar refractivity (Wildman–Crippen MR) is 109 cm³/mol. The van der Waals surface area contributed by atoms with Crippen LogP contribution in [0.3, 0.4) is 0 Å². The Bertz CT molecular complexity index is 1570. The van der Waals surface area contributed by atoms with Gasteiger partial charge < -0.3 is 9.67 Å². The summed E-state index contributed by atoms with van der Waals surface area (Å²) in [6, 6.07) is 9.04. The van der Waals surface area contributed by atoms with Gasteiger partial charge in [-0.25, -0.2) is 9.59 Å². The summed E-state index contributed by atoms with van der Waals surface area (Å²) in [4.78, 5) is 56.8. The normalized spacial score (nSPS) is 11.5. The Kier molecular flexibility index (Phi) is 4.69. The predicted octanol–water partition coefficient (Wildman–Crippen LogP) is -0.0204. The fourth-order valence-electron chi connectivity index (χ4n) is 3.08. The lowest BCUT2D eigenvalue weighted by molar-refractivity contribution is 0.450. The lowest BCUT2D eigenvalue weighted by Gasteiger charge is -2.08. The van der Waals surface area contributed by atoms with E-state index in [9.17, 15) is 24.3 Å². The van der Waals surface area contributed by atoms with E-state index >= 15 is 0 Å². The van der Waals surface area contributed by atoms with Crippen molar-refractivity contribution < 1.29 is 5.11 Å². The van der Waals surface area contributed by atoms with Gasteiger partial charge in [-0.05, 0) is 5.56 Å². The number of nitrogens with zero attached hydrogens (tertiary/aromatic N) is 6. The minimum absolute atomic E-state index is 0.0744. The van der Waals surface area contributed by atoms with Gasteiger partial charge in [-0.3, -0.25) is 28.7 Å². The first-order valence-electron chi connectivity index (χ1n) is 8.95. The Morgan fingerprint density at radius 2 is 1.71 bits per heavy atom. The molecular weight excluding hydrogens is 408 g/mol. The second-order valence-corrected chi connectivity index (χ2v) is 6.67. The lowest BCUT2D eigenvalue weighted by Crippen LogP contribution is -2.39. The van der Waals surface area contributed by atoms with E-state index in [2.05, 4.69) is 15.2 Å². The molecule has 0 amide bonds. The van der Waals surface area contributed by atoms with Gasteiger partial charge in [0.2, 0.25) is 11.6 Å². The van der Waals surface area contributed by atoms with E-state index in [-0.39, 0.29) is 23.7 Å². The number of benzene rings is 1. The highest BCUT2D eigenvalue weighted by Crippen LogP contribution is 2.21. The molecule has 13 nitrogen and oxygen atoms in total. The monoisotopic (exact) mass is 424 g/mol. The Hall–Kier alpha value is -4.55. The van der Waals surface area contributed by atoms with Gasteiger partial charge in [0.15, 0.2) is 11.2 Å². The molecule has 4 aromatic rings. The molecule has 0 spiro atoms. The molecule has 0 aliphatic carbocycles.